The summed E-state index contributed by atoms with van der Waals surface area (Å²) in [5.74, 6) is -0.215. The number of nitrogens with zero attached hydrogens (tertiary/aromatic N) is 1. The summed E-state index contributed by atoms with van der Waals surface area (Å²) in [6.07, 6.45) is 3.01. The summed E-state index contributed by atoms with van der Waals surface area (Å²) in [6, 6.07) is 8.04. The van der Waals surface area contributed by atoms with Gasteiger partial charge in [0.05, 0.1) is 12.0 Å². The van der Waals surface area contributed by atoms with Gasteiger partial charge in [0.15, 0.2) is 12.4 Å². The number of benzene rings is 2. The van der Waals surface area contributed by atoms with E-state index in [2.05, 4.69) is 4.74 Å². The zero-order valence-corrected chi connectivity index (χ0v) is 16.1. The van der Waals surface area contributed by atoms with E-state index in [1.165, 1.54) is 19.3 Å². The van der Waals surface area contributed by atoms with Gasteiger partial charge >= 0.3 is 5.97 Å². The number of allylic oxidation sites excluding steroid dienone is 1. The van der Waals surface area contributed by atoms with Crippen LogP contribution in [0.5, 0.6) is 5.75 Å². The number of ether oxygens (including phenoxy) is 2. The van der Waals surface area contributed by atoms with E-state index < -0.39 is 10.9 Å². The molecular formula is C21H21NO6. The largest absolute Gasteiger partial charge is 0.481 e. The van der Waals surface area contributed by atoms with Crippen LogP contribution in [0, 0.1) is 30.9 Å². The second-order valence-corrected chi connectivity index (χ2v) is 6.30. The molecule has 0 saturated heterocycles. The fourth-order valence-corrected chi connectivity index (χ4v) is 2.73. The maximum atomic E-state index is 12.4. The van der Waals surface area contributed by atoms with Gasteiger partial charge in [0.25, 0.3) is 5.69 Å². The van der Waals surface area contributed by atoms with E-state index in [-0.39, 0.29) is 23.6 Å². The number of aryl methyl sites for hydroxylation is 3. The molecule has 0 atom stereocenters. The minimum absolute atomic E-state index is 0.0851. The zero-order valence-electron chi connectivity index (χ0n) is 16.1. The molecule has 146 valence electrons. The lowest BCUT2D eigenvalue weighted by atomic mass is 10.0. The molecule has 7 heteroatoms. The Morgan fingerprint density at radius 3 is 2.29 bits per heavy atom. The molecule has 2 aromatic carbocycles. The molecule has 0 saturated carbocycles. The third kappa shape index (κ3) is 5.03. The number of ketones is 1. The summed E-state index contributed by atoms with van der Waals surface area (Å²) in [4.78, 5) is 34.1. The number of nitro groups is 1. The summed E-state index contributed by atoms with van der Waals surface area (Å²) in [6.45, 7) is 5.11. The van der Waals surface area contributed by atoms with Crippen LogP contribution in [-0.4, -0.2) is 30.4 Å². The van der Waals surface area contributed by atoms with Crippen LogP contribution >= 0.6 is 0 Å². The van der Waals surface area contributed by atoms with E-state index in [1.54, 1.807) is 25.1 Å². The molecule has 2 rings (SSSR count). The predicted molar refractivity (Wildman–Crippen MR) is 105 cm³/mol. The van der Waals surface area contributed by atoms with Gasteiger partial charge in [0.2, 0.25) is 0 Å². The molecule has 2 aromatic rings. The molecule has 0 aliphatic heterocycles. The van der Waals surface area contributed by atoms with Gasteiger partial charge in [-0.15, -0.1) is 0 Å². The number of hydrogen-bond donors (Lipinski definition) is 0. The van der Waals surface area contributed by atoms with Crippen LogP contribution in [-0.2, 0) is 9.53 Å². The third-order valence-corrected chi connectivity index (χ3v) is 4.16. The smallest absolute Gasteiger partial charge is 0.343 e. The first-order valence-corrected chi connectivity index (χ1v) is 8.51. The SMILES string of the molecule is COC(=O)COc1c(C)cc(C=CC(=O)c2ccc(C)c([N+](=O)[O-])c2)cc1C. The summed E-state index contributed by atoms with van der Waals surface area (Å²) in [7, 11) is 1.29. The van der Waals surface area contributed by atoms with Crippen molar-refractivity contribution in [3.05, 3.63) is 74.3 Å². The van der Waals surface area contributed by atoms with Crippen molar-refractivity contribution < 1.29 is 24.0 Å². The first kappa shape index (κ1) is 20.8. The summed E-state index contributed by atoms with van der Waals surface area (Å²) in [5, 5.41) is 11.0. The predicted octanol–water partition coefficient (Wildman–Crippen LogP) is 3.97. The lowest BCUT2D eigenvalue weighted by Gasteiger charge is -2.12. The monoisotopic (exact) mass is 383 g/mol. The van der Waals surface area contributed by atoms with Gasteiger partial charge < -0.3 is 9.47 Å². The zero-order chi connectivity index (χ0) is 20.8. The molecule has 7 nitrogen and oxygen atoms in total. The Balaban J connectivity index is 2.20. The van der Waals surface area contributed by atoms with Gasteiger partial charge in [-0.3, -0.25) is 14.9 Å². The van der Waals surface area contributed by atoms with E-state index in [4.69, 9.17) is 4.74 Å². The maximum Gasteiger partial charge on any atom is 0.343 e. The third-order valence-electron chi connectivity index (χ3n) is 4.16. The van der Waals surface area contributed by atoms with Crippen LogP contribution in [0.15, 0.2) is 36.4 Å². The average Bonchev–Trinajstić information content (AvgIpc) is 2.65. The van der Waals surface area contributed by atoms with Crippen LogP contribution in [0.25, 0.3) is 6.08 Å². The molecule has 0 amide bonds. The van der Waals surface area contributed by atoms with Crippen molar-refractivity contribution in [2.45, 2.75) is 20.8 Å². The summed E-state index contributed by atoms with van der Waals surface area (Å²) < 4.78 is 10.0. The molecule has 0 radical (unpaired) electrons. The van der Waals surface area contributed by atoms with Crippen LogP contribution in [0.1, 0.15) is 32.6 Å². The molecule has 0 heterocycles. The van der Waals surface area contributed by atoms with Crippen molar-refractivity contribution >= 4 is 23.5 Å². The highest BCUT2D eigenvalue weighted by molar-refractivity contribution is 6.07. The highest BCUT2D eigenvalue weighted by Crippen LogP contribution is 2.26. The fraction of sp³-hybridized carbons (Fsp3) is 0.238. The molecule has 0 aromatic heterocycles. The minimum Gasteiger partial charge on any atom is -0.481 e. The molecule has 0 bridgehead atoms. The lowest BCUT2D eigenvalue weighted by molar-refractivity contribution is -0.385. The first-order chi connectivity index (χ1) is 13.2. The number of carbonyl (C=O) groups is 2. The lowest BCUT2D eigenvalue weighted by Crippen LogP contribution is -2.13. The average molecular weight is 383 g/mol. The molecule has 0 unspecified atom stereocenters. The van der Waals surface area contributed by atoms with Crippen LogP contribution in [0.3, 0.4) is 0 Å². The maximum absolute atomic E-state index is 12.4. The Morgan fingerprint density at radius 1 is 1.07 bits per heavy atom. The number of hydrogen-bond acceptors (Lipinski definition) is 6. The van der Waals surface area contributed by atoms with Crippen molar-refractivity contribution in [1.82, 2.24) is 0 Å². The Bertz CT molecular complexity index is 938. The Morgan fingerprint density at radius 2 is 1.71 bits per heavy atom. The van der Waals surface area contributed by atoms with Gasteiger partial charge in [-0.05, 0) is 55.7 Å². The van der Waals surface area contributed by atoms with Crippen molar-refractivity contribution in [3.8, 4) is 5.75 Å². The summed E-state index contributed by atoms with van der Waals surface area (Å²) in [5.41, 5.74) is 3.05. The molecular weight excluding hydrogens is 362 g/mol. The van der Waals surface area contributed by atoms with E-state index >= 15 is 0 Å². The fourth-order valence-electron chi connectivity index (χ4n) is 2.73. The number of esters is 1. The molecule has 28 heavy (non-hydrogen) atoms. The van der Waals surface area contributed by atoms with Gasteiger partial charge in [-0.25, -0.2) is 4.79 Å². The summed E-state index contributed by atoms with van der Waals surface area (Å²) >= 11 is 0. The Labute approximate surface area is 162 Å². The van der Waals surface area contributed by atoms with Gasteiger partial charge in [-0.2, -0.15) is 0 Å². The number of nitro benzene ring substituents is 1. The second kappa shape index (κ2) is 8.94. The minimum atomic E-state index is -0.504. The molecule has 0 aliphatic carbocycles. The number of methoxy groups -OCH3 is 1. The van der Waals surface area contributed by atoms with Crippen molar-refractivity contribution in [3.63, 3.8) is 0 Å². The van der Waals surface area contributed by atoms with E-state index in [9.17, 15) is 19.7 Å². The topological polar surface area (TPSA) is 95.7 Å². The van der Waals surface area contributed by atoms with Crippen molar-refractivity contribution in [2.75, 3.05) is 13.7 Å². The molecule has 0 spiro atoms. The van der Waals surface area contributed by atoms with Gasteiger partial charge in [0, 0.05) is 17.2 Å². The highest BCUT2D eigenvalue weighted by Gasteiger charge is 2.14. The van der Waals surface area contributed by atoms with Gasteiger partial charge in [-0.1, -0.05) is 18.2 Å². The molecule has 0 aliphatic rings. The van der Waals surface area contributed by atoms with E-state index in [0.717, 1.165) is 16.7 Å². The van der Waals surface area contributed by atoms with E-state index in [1.807, 2.05) is 26.0 Å². The number of rotatable bonds is 7. The van der Waals surface area contributed by atoms with Crippen LogP contribution in [0.4, 0.5) is 5.69 Å². The van der Waals surface area contributed by atoms with Crippen LogP contribution in [0.2, 0.25) is 0 Å². The van der Waals surface area contributed by atoms with Crippen molar-refractivity contribution in [2.24, 2.45) is 0 Å². The van der Waals surface area contributed by atoms with Crippen LogP contribution < -0.4 is 4.74 Å². The van der Waals surface area contributed by atoms with E-state index in [0.29, 0.717) is 11.3 Å². The standard InChI is InChI=1S/C21H21NO6/c1-13-5-7-17(11-18(13)22(25)26)19(23)8-6-16-9-14(2)21(15(3)10-16)28-12-20(24)27-4/h5-11H,12H2,1-4H3. The Hall–Kier alpha value is -3.48. The Kier molecular flexibility index (Phi) is 6.65. The first-order valence-electron chi connectivity index (χ1n) is 8.51. The quantitative estimate of drug-likeness (QED) is 0.236. The van der Waals surface area contributed by atoms with Crippen molar-refractivity contribution in [1.29, 1.82) is 0 Å². The molecule has 0 N–H and O–H groups in total. The van der Waals surface area contributed by atoms with Gasteiger partial charge in [0.1, 0.15) is 5.75 Å². The normalized spacial score (nSPS) is 10.7. The number of carbonyl (C=O) groups excluding carboxylic acids is 2. The highest BCUT2D eigenvalue weighted by atomic mass is 16.6. The molecule has 0 fully saturated rings. The second-order valence-electron chi connectivity index (χ2n) is 6.30.